The van der Waals surface area contributed by atoms with E-state index in [9.17, 15) is 0 Å². The summed E-state index contributed by atoms with van der Waals surface area (Å²) in [7, 11) is 0. The molecule has 0 aliphatic rings. The molecule has 0 radical (unpaired) electrons. The summed E-state index contributed by atoms with van der Waals surface area (Å²) in [5.74, 6) is 0.364. The SMILES string of the molecule is CCCCCCCCCc1ccc(O)cc1.[H-].[H-].[Na+].[Na+]. The number of benzene rings is 1. The monoisotopic (exact) mass is 268 g/mol. The third kappa shape index (κ3) is 10.9. The topological polar surface area (TPSA) is 20.2 Å². The summed E-state index contributed by atoms with van der Waals surface area (Å²) in [6.45, 7) is 2.25. The van der Waals surface area contributed by atoms with Crippen LogP contribution in [0.3, 0.4) is 0 Å². The van der Waals surface area contributed by atoms with E-state index in [0.29, 0.717) is 5.75 Å². The average molecular weight is 268 g/mol. The fourth-order valence-electron chi connectivity index (χ4n) is 1.95. The summed E-state index contributed by atoms with van der Waals surface area (Å²) < 4.78 is 0. The zero-order valence-corrected chi connectivity index (χ0v) is 16.4. The Hall–Kier alpha value is 1.02. The summed E-state index contributed by atoms with van der Waals surface area (Å²) in [6, 6.07) is 7.59. The second-order valence-corrected chi connectivity index (χ2v) is 4.54. The fourth-order valence-corrected chi connectivity index (χ4v) is 1.95. The summed E-state index contributed by atoms with van der Waals surface area (Å²) in [6.07, 6.45) is 10.6. The van der Waals surface area contributed by atoms with Crippen LogP contribution < -0.4 is 59.1 Å². The van der Waals surface area contributed by atoms with Crippen LogP contribution in [0.2, 0.25) is 0 Å². The second kappa shape index (κ2) is 14.4. The van der Waals surface area contributed by atoms with Crippen LogP contribution in [-0.2, 0) is 6.42 Å². The van der Waals surface area contributed by atoms with Crippen LogP contribution in [0.25, 0.3) is 0 Å². The van der Waals surface area contributed by atoms with Crippen LogP contribution in [0.15, 0.2) is 24.3 Å². The molecule has 0 amide bonds. The zero-order valence-electron chi connectivity index (χ0n) is 14.4. The molecule has 0 fully saturated rings. The minimum Gasteiger partial charge on any atom is -1.00 e. The number of phenols is 1. The third-order valence-electron chi connectivity index (χ3n) is 3.01. The first-order valence-corrected chi connectivity index (χ1v) is 6.61. The number of hydrogen-bond donors (Lipinski definition) is 1. The summed E-state index contributed by atoms with van der Waals surface area (Å²) in [5, 5.41) is 9.15. The number of aromatic hydroxyl groups is 1. The minimum absolute atomic E-state index is 0. The maximum absolute atomic E-state index is 9.15. The smallest absolute Gasteiger partial charge is 1.00 e. The molecule has 1 aromatic rings. The first-order valence-electron chi connectivity index (χ1n) is 6.61. The Morgan fingerprint density at radius 2 is 1.33 bits per heavy atom. The van der Waals surface area contributed by atoms with Gasteiger partial charge >= 0.3 is 59.1 Å². The number of phenolic OH excluding ortho intramolecular Hbond substituents is 1. The van der Waals surface area contributed by atoms with Gasteiger partial charge in [-0.25, -0.2) is 0 Å². The molecule has 1 rings (SSSR count). The van der Waals surface area contributed by atoms with E-state index >= 15 is 0 Å². The van der Waals surface area contributed by atoms with E-state index in [4.69, 9.17) is 5.11 Å². The second-order valence-electron chi connectivity index (χ2n) is 4.54. The molecule has 0 atom stereocenters. The van der Waals surface area contributed by atoms with Crippen molar-refractivity contribution in [3.8, 4) is 5.75 Å². The van der Waals surface area contributed by atoms with Gasteiger partial charge in [0.1, 0.15) is 5.75 Å². The molecule has 0 bridgehead atoms. The van der Waals surface area contributed by atoms with Crippen molar-refractivity contribution in [2.24, 2.45) is 0 Å². The summed E-state index contributed by atoms with van der Waals surface area (Å²) in [4.78, 5) is 0. The molecule has 1 aromatic carbocycles. The molecular formula is C15H26Na2O. The van der Waals surface area contributed by atoms with Gasteiger partial charge in [-0.05, 0) is 30.5 Å². The van der Waals surface area contributed by atoms with Crippen molar-refractivity contribution in [3.63, 3.8) is 0 Å². The number of unbranched alkanes of at least 4 members (excludes halogenated alkanes) is 6. The van der Waals surface area contributed by atoms with E-state index in [1.165, 1.54) is 50.5 Å². The molecular weight excluding hydrogens is 242 g/mol. The van der Waals surface area contributed by atoms with Gasteiger partial charge in [0, 0.05) is 0 Å². The van der Waals surface area contributed by atoms with Crippen LogP contribution in [0.5, 0.6) is 5.75 Å². The van der Waals surface area contributed by atoms with Crippen LogP contribution >= 0.6 is 0 Å². The molecule has 3 heteroatoms. The predicted octanol–water partition coefficient (Wildman–Crippen LogP) is -1.08. The van der Waals surface area contributed by atoms with Gasteiger partial charge in [-0.15, -0.1) is 0 Å². The Bertz CT molecular complexity index is 282. The average Bonchev–Trinajstić information content (AvgIpc) is 2.30. The van der Waals surface area contributed by atoms with Crippen LogP contribution in [0.1, 0.15) is 60.3 Å². The predicted molar refractivity (Wildman–Crippen MR) is 72.0 cm³/mol. The van der Waals surface area contributed by atoms with E-state index in [1.54, 1.807) is 12.1 Å². The molecule has 0 unspecified atom stereocenters. The van der Waals surface area contributed by atoms with Crippen LogP contribution in [-0.4, -0.2) is 5.11 Å². The van der Waals surface area contributed by atoms with Crippen molar-refractivity contribution in [2.45, 2.75) is 58.3 Å². The largest absolute Gasteiger partial charge is 1.00 e. The van der Waals surface area contributed by atoms with Gasteiger partial charge in [0.05, 0.1) is 0 Å². The zero-order chi connectivity index (χ0) is 11.6. The van der Waals surface area contributed by atoms with Gasteiger partial charge in [-0.2, -0.15) is 0 Å². The molecule has 0 spiro atoms. The van der Waals surface area contributed by atoms with Gasteiger partial charge in [0.2, 0.25) is 0 Å². The molecule has 18 heavy (non-hydrogen) atoms. The maximum Gasteiger partial charge on any atom is 1.00 e. The molecule has 0 aromatic heterocycles. The Morgan fingerprint density at radius 1 is 0.833 bits per heavy atom. The number of aryl methyl sites for hydroxylation is 1. The normalized spacial score (nSPS) is 9.39. The van der Waals surface area contributed by atoms with Gasteiger partial charge < -0.3 is 7.96 Å². The van der Waals surface area contributed by atoms with Crippen molar-refractivity contribution in [1.29, 1.82) is 0 Å². The quantitative estimate of drug-likeness (QED) is 0.470. The van der Waals surface area contributed by atoms with Gasteiger partial charge in [-0.1, -0.05) is 57.6 Å². The van der Waals surface area contributed by atoms with E-state index in [0.717, 1.165) is 6.42 Å². The Kier molecular flexibility index (Phi) is 17.1. The van der Waals surface area contributed by atoms with Crippen molar-refractivity contribution < 1.29 is 67.1 Å². The minimum atomic E-state index is 0. The van der Waals surface area contributed by atoms with Crippen LogP contribution in [0.4, 0.5) is 0 Å². The molecule has 94 valence electrons. The van der Waals surface area contributed by atoms with Crippen molar-refractivity contribution in [2.75, 3.05) is 0 Å². The van der Waals surface area contributed by atoms with Crippen molar-refractivity contribution in [3.05, 3.63) is 29.8 Å². The summed E-state index contributed by atoms with van der Waals surface area (Å²) in [5.41, 5.74) is 1.34. The molecule has 0 aliphatic carbocycles. The first-order chi connectivity index (χ1) is 7.83. The number of hydrogen-bond acceptors (Lipinski definition) is 1. The van der Waals surface area contributed by atoms with Gasteiger partial charge in [-0.3, -0.25) is 0 Å². The Morgan fingerprint density at radius 3 is 1.89 bits per heavy atom. The van der Waals surface area contributed by atoms with Crippen molar-refractivity contribution >= 4 is 0 Å². The van der Waals surface area contributed by atoms with Crippen LogP contribution in [0, 0.1) is 0 Å². The molecule has 0 aliphatic heterocycles. The summed E-state index contributed by atoms with van der Waals surface area (Å²) >= 11 is 0. The first kappa shape index (κ1) is 21.3. The molecule has 1 nitrogen and oxygen atoms in total. The van der Waals surface area contributed by atoms with E-state index < -0.39 is 0 Å². The van der Waals surface area contributed by atoms with E-state index in [-0.39, 0.29) is 62.0 Å². The van der Waals surface area contributed by atoms with Gasteiger partial charge in [0.15, 0.2) is 0 Å². The number of rotatable bonds is 8. The third-order valence-corrected chi connectivity index (χ3v) is 3.01. The van der Waals surface area contributed by atoms with E-state index in [1.807, 2.05) is 12.1 Å². The van der Waals surface area contributed by atoms with Crippen molar-refractivity contribution in [1.82, 2.24) is 0 Å². The molecule has 0 heterocycles. The van der Waals surface area contributed by atoms with Gasteiger partial charge in [0.25, 0.3) is 0 Å². The Balaban J connectivity index is -0.000000320. The maximum atomic E-state index is 9.15. The fraction of sp³-hybridized carbons (Fsp3) is 0.600. The molecule has 0 saturated heterocycles. The standard InChI is InChI=1S/C15H24O.2Na.2H/c1-2-3-4-5-6-7-8-9-14-10-12-15(16)13-11-14;;;;/h10-13,16H,2-9H2,1H3;;;;/q;2*+1;2*-1. The Labute approximate surface area is 159 Å². The van der Waals surface area contributed by atoms with E-state index in [2.05, 4.69) is 6.92 Å². The molecule has 1 N–H and O–H groups in total. The molecule has 0 saturated carbocycles.